The van der Waals surface area contributed by atoms with Crippen LogP contribution in [0.5, 0.6) is 0 Å². The number of rotatable bonds is 1. The van der Waals surface area contributed by atoms with Crippen molar-refractivity contribution in [2.75, 3.05) is 0 Å². The fourth-order valence-electron chi connectivity index (χ4n) is 0.641. The average molecular weight is 174 g/mol. The van der Waals surface area contributed by atoms with Gasteiger partial charge in [0.05, 0.1) is 4.92 Å². The van der Waals surface area contributed by atoms with Crippen molar-refractivity contribution in [3.8, 4) is 0 Å². The van der Waals surface area contributed by atoms with Gasteiger partial charge in [-0.15, -0.1) is 0 Å². The minimum Gasteiger partial charge on any atom is -1.00 e. The van der Waals surface area contributed by atoms with E-state index in [9.17, 15) is 10.1 Å². The number of hydrogen-bond acceptors (Lipinski definition) is 3. The van der Waals surface area contributed by atoms with Crippen LogP contribution in [0.1, 0.15) is 1.43 Å². The molecule has 56 valence electrons. The summed E-state index contributed by atoms with van der Waals surface area (Å²) in [5, 5.41) is 18.3. The third-order valence-electron chi connectivity index (χ3n) is 1.18. The minimum absolute atomic E-state index is 0. The first-order valence-electron chi connectivity index (χ1n) is 2.83. The number of nitrogens with zero attached hydrogens (tertiary/aromatic N) is 3. The molecule has 1 rings (SSSR count). The molecule has 0 atom stereocenters. The zero-order chi connectivity index (χ0) is 8.27. The molecule has 0 aliphatic carbocycles. The van der Waals surface area contributed by atoms with Crippen LogP contribution in [0.2, 0.25) is 0 Å². The van der Waals surface area contributed by atoms with Gasteiger partial charge in [-0.1, -0.05) is 0 Å². The molecule has 0 aliphatic heterocycles. The Morgan fingerprint density at radius 3 is 2.25 bits per heavy atom. The number of diazo groups is 1. The van der Waals surface area contributed by atoms with Crippen LogP contribution in [0.4, 0.5) is 11.4 Å². The summed E-state index contributed by atoms with van der Waals surface area (Å²) in [7, 11) is 0. The largest absolute Gasteiger partial charge is 1.00 e. The summed E-state index contributed by atoms with van der Waals surface area (Å²) in [6.45, 7) is 0. The molecule has 0 spiro atoms. The molecule has 0 saturated carbocycles. The van der Waals surface area contributed by atoms with Gasteiger partial charge >= 0.3 is 35.2 Å². The standard InChI is InChI=1S/C6H4N3O2.Na.H/c7-8-5-1-3-6(4-2-5)9(10)11;;/h1-4H;;/q2*+1;-1. The van der Waals surface area contributed by atoms with E-state index in [1.807, 2.05) is 0 Å². The molecule has 12 heavy (non-hydrogen) atoms. The Morgan fingerprint density at radius 1 is 1.42 bits per heavy atom. The van der Waals surface area contributed by atoms with E-state index in [0.717, 1.165) is 0 Å². The van der Waals surface area contributed by atoms with Crippen molar-refractivity contribution < 1.29 is 35.9 Å². The second-order valence-corrected chi connectivity index (χ2v) is 1.87. The third kappa shape index (κ3) is 2.58. The monoisotopic (exact) mass is 174 g/mol. The Kier molecular flexibility index (Phi) is 4.44. The van der Waals surface area contributed by atoms with Crippen LogP contribution in [0.3, 0.4) is 0 Å². The van der Waals surface area contributed by atoms with Crippen molar-refractivity contribution in [3.05, 3.63) is 39.4 Å². The van der Waals surface area contributed by atoms with Crippen molar-refractivity contribution >= 4 is 11.4 Å². The summed E-state index contributed by atoms with van der Waals surface area (Å²) >= 11 is 0. The molecule has 0 heterocycles. The Bertz CT molecular complexity index is 322. The van der Waals surface area contributed by atoms with Gasteiger partial charge in [0.25, 0.3) is 5.69 Å². The number of nitro benzene ring substituents is 1. The predicted octanol–water partition coefficient (Wildman–Crippen LogP) is -0.804. The Balaban J connectivity index is 0. The summed E-state index contributed by atoms with van der Waals surface area (Å²) in [5.41, 5.74) is 0.285. The van der Waals surface area contributed by atoms with Gasteiger partial charge in [-0.2, -0.15) is 0 Å². The van der Waals surface area contributed by atoms with Crippen molar-refractivity contribution in [2.45, 2.75) is 0 Å². The molecule has 5 nitrogen and oxygen atoms in total. The van der Waals surface area contributed by atoms with E-state index in [1.54, 1.807) is 0 Å². The SMILES string of the molecule is N#[N+]c1ccc([N+](=O)[O-])cc1.[H-].[Na+]. The Morgan fingerprint density at radius 2 is 1.92 bits per heavy atom. The van der Waals surface area contributed by atoms with Crippen LogP contribution in [0.15, 0.2) is 24.3 Å². The fourth-order valence-corrected chi connectivity index (χ4v) is 0.641. The van der Waals surface area contributed by atoms with Gasteiger partial charge in [-0.3, -0.25) is 10.1 Å². The van der Waals surface area contributed by atoms with Crippen molar-refractivity contribution in [1.29, 1.82) is 5.39 Å². The van der Waals surface area contributed by atoms with Crippen LogP contribution < -0.4 is 29.6 Å². The zero-order valence-electron chi connectivity index (χ0n) is 7.47. The molecule has 0 bridgehead atoms. The van der Waals surface area contributed by atoms with Crippen LogP contribution in [0, 0.1) is 15.5 Å². The zero-order valence-corrected chi connectivity index (χ0v) is 8.47. The molecule has 1 aromatic rings. The number of nitro groups is 1. The predicted molar refractivity (Wildman–Crippen MR) is 39.0 cm³/mol. The first-order chi connectivity index (χ1) is 5.24. The molecule has 0 fully saturated rings. The molecule has 0 N–H and O–H groups in total. The molecule has 0 aromatic heterocycles. The molecule has 0 radical (unpaired) electrons. The molecular weight excluding hydrogens is 169 g/mol. The van der Waals surface area contributed by atoms with Crippen molar-refractivity contribution in [3.63, 3.8) is 0 Å². The number of non-ortho nitro benzene ring substituents is 1. The van der Waals surface area contributed by atoms with E-state index in [-0.39, 0.29) is 36.7 Å². The van der Waals surface area contributed by atoms with Crippen molar-refractivity contribution in [1.82, 2.24) is 0 Å². The van der Waals surface area contributed by atoms with Gasteiger partial charge in [0.15, 0.2) is 4.98 Å². The van der Waals surface area contributed by atoms with Crippen LogP contribution >= 0.6 is 0 Å². The van der Waals surface area contributed by atoms with Crippen LogP contribution in [-0.4, -0.2) is 4.92 Å². The van der Waals surface area contributed by atoms with Gasteiger partial charge in [-0.25, -0.2) is 0 Å². The van der Waals surface area contributed by atoms with Gasteiger partial charge in [0.1, 0.15) is 0 Å². The molecular formula is C6H5N3NaO2+. The summed E-state index contributed by atoms with van der Waals surface area (Å²) in [6.07, 6.45) is 0. The Labute approximate surface area is 91.9 Å². The topological polar surface area (TPSA) is 71.3 Å². The maximum Gasteiger partial charge on any atom is 1.00 e. The number of hydrogen-bond donors (Lipinski definition) is 0. The van der Waals surface area contributed by atoms with Crippen LogP contribution in [-0.2, 0) is 0 Å². The van der Waals surface area contributed by atoms with E-state index in [0.29, 0.717) is 5.69 Å². The molecule has 6 heteroatoms. The average Bonchev–Trinajstić information content (AvgIpc) is 2.05. The Hall–Kier alpha value is -0.960. The summed E-state index contributed by atoms with van der Waals surface area (Å²) in [6, 6.07) is 5.26. The minimum atomic E-state index is -0.513. The molecule has 0 amide bonds. The second-order valence-electron chi connectivity index (χ2n) is 1.87. The molecule has 0 saturated heterocycles. The molecule has 0 unspecified atom stereocenters. The van der Waals surface area contributed by atoms with E-state index in [2.05, 4.69) is 4.98 Å². The summed E-state index contributed by atoms with van der Waals surface area (Å²) in [4.78, 5) is 12.4. The molecule has 1 aromatic carbocycles. The van der Waals surface area contributed by atoms with Gasteiger partial charge in [0, 0.05) is 24.3 Å². The maximum atomic E-state index is 10.1. The van der Waals surface area contributed by atoms with Crippen molar-refractivity contribution in [2.24, 2.45) is 0 Å². The van der Waals surface area contributed by atoms with Gasteiger partial charge in [-0.05, 0) is 0 Å². The normalized spacial score (nSPS) is 7.92. The number of benzene rings is 1. The van der Waals surface area contributed by atoms with E-state index in [1.165, 1.54) is 24.3 Å². The fraction of sp³-hybridized carbons (Fsp3) is 0. The van der Waals surface area contributed by atoms with E-state index < -0.39 is 4.92 Å². The van der Waals surface area contributed by atoms with Gasteiger partial charge in [0.2, 0.25) is 5.39 Å². The second kappa shape index (κ2) is 4.83. The van der Waals surface area contributed by atoms with E-state index in [4.69, 9.17) is 5.39 Å². The molecule has 0 aliphatic rings. The first-order valence-corrected chi connectivity index (χ1v) is 2.83. The van der Waals surface area contributed by atoms with Gasteiger partial charge < -0.3 is 1.43 Å². The summed E-state index contributed by atoms with van der Waals surface area (Å²) in [5.74, 6) is 0. The quantitative estimate of drug-likeness (QED) is 0.242. The first kappa shape index (κ1) is 11.0. The smallest absolute Gasteiger partial charge is 1.00 e. The van der Waals surface area contributed by atoms with E-state index >= 15 is 0 Å². The maximum absolute atomic E-state index is 10.1. The van der Waals surface area contributed by atoms with Crippen LogP contribution in [0.25, 0.3) is 4.98 Å². The third-order valence-corrected chi connectivity index (χ3v) is 1.18. The summed E-state index contributed by atoms with van der Waals surface area (Å²) < 4.78 is 0.